The van der Waals surface area contributed by atoms with Gasteiger partial charge in [-0.15, -0.1) is 22.7 Å². The van der Waals surface area contributed by atoms with Crippen molar-refractivity contribution >= 4 is 89.8 Å². The molecule has 0 atom stereocenters. The van der Waals surface area contributed by atoms with Crippen molar-refractivity contribution in [1.29, 1.82) is 0 Å². The molecular weight excluding hydrogens is 500 g/mol. The van der Waals surface area contributed by atoms with Crippen LogP contribution in [0.2, 0.25) is 0 Å². The van der Waals surface area contributed by atoms with Crippen molar-refractivity contribution < 1.29 is 19.2 Å². The molecule has 2 heterocycles. The molecule has 0 unspecified atom stereocenters. The first-order valence-corrected chi connectivity index (χ1v) is 12.2. The molecule has 2 aromatic heterocycles. The minimum atomic E-state index is -0.405. The second kappa shape index (κ2) is 10.1. The number of nitrogens with one attached hydrogen (secondary N) is 4. The van der Waals surface area contributed by atoms with Gasteiger partial charge in [0.1, 0.15) is 9.75 Å². The zero-order valence-electron chi connectivity index (χ0n) is 19.2. The van der Waals surface area contributed by atoms with Crippen LogP contribution in [0.3, 0.4) is 0 Å². The van der Waals surface area contributed by atoms with Crippen LogP contribution in [0.25, 0.3) is 9.40 Å². The number of rotatable bonds is 6. The highest BCUT2D eigenvalue weighted by Crippen LogP contribution is 2.45. The third kappa shape index (κ3) is 5.29. The molecule has 4 rings (SSSR count). The molecule has 2 aromatic carbocycles. The average Bonchev–Trinajstić information content (AvgIpc) is 3.32. The molecule has 0 aliphatic heterocycles. The van der Waals surface area contributed by atoms with E-state index in [2.05, 4.69) is 21.3 Å². The summed E-state index contributed by atoms with van der Waals surface area (Å²) in [6.07, 6.45) is 0. The van der Waals surface area contributed by atoms with Crippen LogP contribution in [0.4, 0.5) is 34.1 Å². The lowest BCUT2D eigenvalue weighted by Gasteiger charge is -2.07. The third-order valence-corrected chi connectivity index (χ3v) is 7.46. The topological polar surface area (TPSA) is 168 Å². The van der Waals surface area contributed by atoms with Gasteiger partial charge in [0.15, 0.2) is 0 Å². The summed E-state index contributed by atoms with van der Waals surface area (Å²) in [5, 5.41) is 11.3. The third-order valence-electron chi connectivity index (χ3n) is 4.96. The summed E-state index contributed by atoms with van der Waals surface area (Å²) in [5.74, 6) is -1.19. The van der Waals surface area contributed by atoms with Crippen molar-refractivity contribution in [2.75, 3.05) is 32.7 Å². The highest BCUT2D eigenvalue weighted by Gasteiger charge is 2.25. The maximum absolute atomic E-state index is 12.8. The summed E-state index contributed by atoms with van der Waals surface area (Å²) in [5.41, 5.74) is 15.2. The predicted octanol–water partition coefficient (Wildman–Crippen LogP) is 4.55. The molecule has 184 valence electrons. The van der Waals surface area contributed by atoms with E-state index in [4.69, 9.17) is 11.5 Å². The Kier molecular flexibility index (Phi) is 6.90. The number of carbonyl (C=O) groups is 4. The van der Waals surface area contributed by atoms with Crippen molar-refractivity contribution in [3.05, 3.63) is 58.3 Å². The van der Waals surface area contributed by atoms with Gasteiger partial charge in [-0.05, 0) is 48.5 Å². The zero-order valence-corrected chi connectivity index (χ0v) is 20.9. The van der Waals surface area contributed by atoms with Crippen LogP contribution < -0.4 is 32.7 Å². The molecule has 0 aliphatic carbocycles. The molecule has 0 aliphatic rings. The second-order valence-corrected chi connectivity index (χ2v) is 10.1. The second-order valence-electron chi connectivity index (χ2n) is 7.78. The first kappa shape index (κ1) is 24.7. The lowest BCUT2D eigenvalue weighted by Crippen LogP contribution is -2.13. The van der Waals surface area contributed by atoms with E-state index in [1.54, 1.807) is 48.5 Å². The van der Waals surface area contributed by atoms with Gasteiger partial charge in [-0.25, -0.2) is 0 Å². The molecular formula is C24H22N6O4S2. The summed E-state index contributed by atoms with van der Waals surface area (Å²) < 4.78 is 0.655. The van der Waals surface area contributed by atoms with Crippen molar-refractivity contribution in [2.24, 2.45) is 0 Å². The van der Waals surface area contributed by atoms with Crippen molar-refractivity contribution in [1.82, 2.24) is 0 Å². The van der Waals surface area contributed by atoms with Crippen LogP contribution in [-0.4, -0.2) is 23.6 Å². The van der Waals surface area contributed by atoms with Crippen LogP contribution in [0, 0.1) is 0 Å². The number of fused-ring (bicyclic) bond motifs is 1. The van der Waals surface area contributed by atoms with Gasteiger partial charge < -0.3 is 32.7 Å². The highest BCUT2D eigenvalue weighted by atomic mass is 32.2. The Hall–Kier alpha value is -4.42. The minimum absolute atomic E-state index is 0.191. The first-order chi connectivity index (χ1) is 17.1. The molecule has 0 spiro atoms. The first-order valence-electron chi connectivity index (χ1n) is 10.6. The molecule has 12 heteroatoms. The number of carbonyl (C=O) groups excluding carboxylic acids is 4. The van der Waals surface area contributed by atoms with E-state index in [1.807, 2.05) is 0 Å². The van der Waals surface area contributed by atoms with Gasteiger partial charge in [-0.1, -0.05) is 0 Å². The van der Waals surface area contributed by atoms with Gasteiger partial charge >= 0.3 is 0 Å². The summed E-state index contributed by atoms with van der Waals surface area (Å²) in [4.78, 5) is 48.5. The monoisotopic (exact) mass is 522 g/mol. The molecule has 0 saturated carbocycles. The molecule has 36 heavy (non-hydrogen) atoms. The maximum atomic E-state index is 12.8. The van der Waals surface area contributed by atoms with Crippen LogP contribution in [-0.2, 0) is 9.59 Å². The van der Waals surface area contributed by atoms with E-state index >= 15 is 0 Å². The molecule has 10 nitrogen and oxygen atoms in total. The van der Waals surface area contributed by atoms with E-state index in [0.29, 0.717) is 32.1 Å². The fourth-order valence-electron chi connectivity index (χ4n) is 3.40. The quantitative estimate of drug-likeness (QED) is 0.217. The molecule has 0 fully saturated rings. The van der Waals surface area contributed by atoms with Gasteiger partial charge in [0, 0.05) is 36.6 Å². The molecule has 4 aromatic rings. The predicted molar refractivity (Wildman–Crippen MR) is 146 cm³/mol. The maximum Gasteiger partial charge on any atom is 0.267 e. The number of nitrogens with two attached hydrogens (primary N) is 2. The molecule has 0 saturated heterocycles. The van der Waals surface area contributed by atoms with Crippen molar-refractivity contribution in [3.63, 3.8) is 0 Å². The Morgan fingerprint density at radius 1 is 0.583 bits per heavy atom. The van der Waals surface area contributed by atoms with E-state index in [0.717, 1.165) is 22.7 Å². The van der Waals surface area contributed by atoms with Gasteiger partial charge in [-0.3, -0.25) is 19.2 Å². The molecule has 8 N–H and O–H groups in total. The SMILES string of the molecule is CC(=O)Nc1ccc(NC(=O)c2sc3sc(C(=O)Nc4ccc(NC(C)=O)cc4)c(N)c3c2N)cc1. The number of hydrogen-bond acceptors (Lipinski definition) is 8. The van der Waals surface area contributed by atoms with Gasteiger partial charge in [0.25, 0.3) is 11.8 Å². The normalized spacial score (nSPS) is 10.6. The van der Waals surface area contributed by atoms with Crippen LogP contribution in [0.15, 0.2) is 48.5 Å². The van der Waals surface area contributed by atoms with Crippen molar-refractivity contribution in [2.45, 2.75) is 13.8 Å². The van der Waals surface area contributed by atoms with Crippen LogP contribution in [0.1, 0.15) is 33.2 Å². The number of nitrogen functional groups attached to an aromatic ring is 2. The minimum Gasteiger partial charge on any atom is -0.397 e. The number of thiophene rings is 2. The molecule has 0 radical (unpaired) electrons. The Labute approximate surface area is 213 Å². The van der Waals surface area contributed by atoms with Crippen LogP contribution >= 0.6 is 22.7 Å². The lowest BCUT2D eigenvalue weighted by atomic mass is 10.2. The number of amides is 4. The van der Waals surface area contributed by atoms with Gasteiger partial charge in [0.2, 0.25) is 11.8 Å². The molecule has 4 amide bonds. The fourth-order valence-corrected chi connectivity index (χ4v) is 5.80. The van der Waals surface area contributed by atoms with Gasteiger partial charge in [0.05, 0.1) is 20.8 Å². The number of anilines is 6. The lowest BCUT2D eigenvalue weighted by molar-refractivity contribution is -0.115. The Morgan fingerprint density at radius 3 is 1.17 bits per heavy atom. The summed E-state index contributed by atoms with van der Waals surface area (Å²) in [7, 11) is 0. The average molecular weight is 523 g/mol. The fraction of sp³-hybridized carbons (Fsp3) is 0.0833. The number of hydrogen-bond donors (Lipinski definition) is 6. The standard InChI is InChI=1S/C24H22N6O4S2/c1-11(31)27-13-3-7-15(8-4-13)29-22(33)20-18(25)17-19(26)21(36-24(17)35-20)23(34)30-16-9-5-14(6-10-16)28-12(2)32/h3-10H,25-26H2,1-2H3,(H,27,31)(H,28,32)(H,29,33)(H,30,34). The summed E-state index contributed by atoms with van der Waals surface area (Å²) in [6, 6.07) is 13.3. The smallest absolute Gasteiger partial charge is 0.267 e. The Bertz CT molecular complexity index is 1380. The van der Waals surface area contributed by atoms with Crippen molar-refractivity contribution in [3.8, 4) is 0 Å². The Balaban J connectivity index is 1.49. The highest BCUT2D eigenvalue weighted by molar-refractivity contribution is 7.40. The van der Waals surface area contributed by atoms with E-state index in [-0.39, 0.29) is 32.9 Å². The van der Waals surface area contributed by atoms with E-state index in [9.17, 15) is 19.2 Å². The zero-order chi connectivity index (χ0) is 26.0. The number of benzene rings is 2. The summed E-state index contributed by atoms with van der Waals surface area (Å²) in [6.45, 7) is 2.82. The summed E-state index contributed by atoms with van der Waals surface area (Å²) >= 11 is 2.31. The van der Waals surface area contributed by atoms with E-state index < -0.39 is 11.8 Å². The van der Waals surface area contributed by atoms with Crippen LogP contribution in [0.5, 0.6) is 0 Å². The largest absolute Gasteiger partial charge is 0.397 e. The molecule has 0 bridgehead atoms. The van der Waals surface area contributed by atoms with E-state index in [1.165, 1.54) is 13.8 Å². The Morgan fingerprint density at radius 2 is 0.889 bits per heavy atom. The van der Waals surface area contributed by atoms with Gasteiger partial charge in [-0.2, -0.15) is 0 Å².